The zero-order chi connectivity index (χ0) is 22.1. The zero-order valence-electron chi connectivity index (χ0n) is 17.5. The first-order chi connectivity index (χ1) is 14.9. The number of hydrogen-bond acceptors (Lipinski definition) is 6. The summed E-state index contributed by atoms with van der Waals surface area (Å²) in [6.45, 7) is 6.26. The molecule has 2 atom stereocenters. The number of rotatable bonds is 7. The fourth-order valence-corrected chi connectivity index (χ4v) is 4.61. The van der Waals surface area contributed by atoms with Gasteiger partial charge in [-0.3, -0.25) is 19.3 Å². The van der Waals surface area contributed by atoms with Gasteiger partial charge in [0, 0.05) is 0 Å². The van der Waals surface area contributed by atoms with E-state index >= 15 is 0 Å². The predicted molar refractivity (Wildman–Crippen MR) is 120 cm³/mol. The summed E-state index contributed by atoms with van der Waals surface area (Å²) in [5.74, 6) is -0.785. The van der Waals surface area contributed by atoms with Crippen molar-refractivity contribution in [2.75, 3.05) is 11.9 Å². The molecule has 0 bridgehead atoms. The third-order valence-electron chi connectivity index (χ3n) is 5.46. The first-order valence-corrected chi connectivity index (χ1v) is 11.1. The van der Waals surface area contributed by atoms with Crippen molar-refractivity contribution in [3.8, 4) is 5.75 Å². The Kier molecular flexibility index (Phi) is 5.73. The van der Waals surface area contributed by atoms with Crippen molar-refractivity contribution in [3.63, 3.8) is 0 Å². The van der Waals surface area contributed by atoms with Gasteiger partial charge in [-0.15, -0.1) is 0 Å². The lowest BCUT2D eigenvalue weighted by Gasteiger charge is -2.29. The van der Waals surface area contributed by atoms with E-state index in [0.717, 1.165) is 20.9 Å². The number of amides is 3. The summed E-state index contributed by atoms with van der Waals surface area (Å²) in [6, 6.07) is 11.3. The molecule has 2 heterocycles. The van der Waals surface area contributed by atoms with Crippen LogP contribution in [0, 0.1) is 5.92 Å². The van der Waals surface area contributed by atoms with Crippen LogP contribution in [0.25, 0.3) is 10.2 Å². The number of thiazole rings is 1. The van der Waals surface area contributed by atoms with E-state index < -0.39 is 23.8 Å². The quantitative estimate of drug-likeness (QED) is 0.556. The predicted octanol–water partition coefficient (Wildman–Crippen LogP) is 4.34. The number of aromatic nitrogens is 1. The van der Waals surface area contributed by atoms with E-state index in [1.165, 1.54) is 11.3 Å². The molecule has 1 N–H and O–H groups in total. The van der Waals surface area contributed by atoms with Gasteiger partial charge in [-0.2, -0.15) is 0 Å². The number of ether oxygens (including phenoxy) is 1. The minimum Gasteiger partial charge on any atom is -0.494 e. The highest BCUT2D eigenvalue weighted by Crippen LogP contribution is 2.32. The lowest BCUT2D eigenvalue weighted by Crippen LogP contribution is -2.50. The van der Waals surface area contributed by atoms with Gasteiger partial charge in [0.15, 0.2) is 5.13 Å². The van der Waals surface area contributed by atoms with Crippen LogP contribution in [0.15, 0.2) is 42.5 Å². The van der Waals surface area contributed by atoms with Crippen LogP contribution in [0.2, 0.25) is 0 Å². The maximum atomic E-state index is 13.3. The van der Waals surface area contributed by atoms with Crippen molar-refractivity contribution in [1.82, 2.24) is 9.88 Å². The standard InChI is InChI=1S/C23H23N3O4S/c1-4-13(3)19(26-21(28)15-8-6-7-9-16(15)22(26)29)20(27)25-23-24-17-11-10-14(30-5-2)12-18(17)31-23/h6-13,19H,4-5H2,1-3H3,(H,24,25,27). The van der Waals surface area contributed by atoms with Crippen molar-refractivity contribution in [2.45, 2.75) is 33.2 Å². The van der Waals surface area contributed by atoms with Crippen LogP contribution >= 0.6 is 11.3 Å². The summed E-state index contributed by atoms with van der Waals surface area (Å²) in [7, 11) is 0. The number of carbonyl (C=O) groups excluding carboxylic acids is 3. The Hall–Kier alpha value is -3.26. The molecule has 0 saturated carbocycles. The summed E-state index contributed by atoms with van der Waals surface area (Å²) < 4.78 is 6.40. The molecule has 0 fully saturated rings. The molecule has 0 spiro atoms. The number of fused-ring (bicyclic) bond motifs is 2. The van der Waals surface area contributed by atoms with Crippen LogP contribution in [0.3, 0.4) is 0 Å². The van der Waals surface area contributed by atoms with Crippen molar-refractivity contribution in [3.05, 3.63) is 53.6 Å². The average Bonchev–Trinajstić information content (AvgIpc) is 3.27. The molecule has 0 radical (unpaired) electrons. The number of anilines is 1. The number of nitrogens with one attached hydrogen (secondary N) is 1. The summed E-state index contributed by atoms with van der Waals surface area (Å²) in [5, 5.41) is 3.24. The fraction of sp³-hybridized carbons (Fsp3) is 0.304. The Morgan fingerprint density at radius 2 is 1.81 bits per heavy atom. The Morgan fingerprint density at radius 1 is 1.13 bits per heavy atom. The van der Waals surface area contributed by atoms with Gasteiger partial charge >= 0.3 is 0 Å². The van der Waals surface area contributed by atoms with Gasteiger partial charge < -0.3 is 10.1 Å². The zero-order valence-corrected chi connectivity index (χ0v) is 18.4. The summed E-state index contributed by atoms with van der Waals surface area (Å²) in [6.07, 6.45) is 0.628. The van der Waals surface area contributed by atoms with E-state index in [2.05, 4.69) is 10.3 Å². The SMILES string of the molecule is CCOc1ccc2nc(NC(=O)C(C(C)CC)N3C(=O)c4ccccc4C3=O)sc2c1. The highest BCUT2D eigenvalue weighted by molar-refractivity contribution is 7.22. The second-order valence-electron chi connectivity index (χ2n) is 7.43. The molecule has 31 heavy (non-hydrogen) atoms. The summed E-state index contributed by atoms with van der Waals surface area (Å²) >= 11 is 1.32. The summed E-state index contributed by atoms with van der Waals surface area (Å²) in [4.78, 5) is 44.8. The Balaban J connectivity index is 1.62. The molecule has 0 aliphatic carbocycles. The highest BCUT2D eigenvalue weighted by atomic mass is 32.1. The first-order valence-electron chi connectivity index (χ1n) is 10.3. The second kappa shape index (κ2) is 8.47. The van der Waals surface area contributed by atoms with E-state index in [-0.39, 0.29) is 5.92 Å². The molecule has 1 aliphatic heterocycles. The molecule has 3 aromatic rings. The maximum Gasteiger partial charge on any atom is 0.262 e. The first kappa shape index (κ1) is 21.0. The lowest BCUT2D eigenvalue weighted by atomic mass is 9.96. The van der Waals surface area contributed by atoms with Gasteiger partial charge in [0.05, 0.1) is 28.0 Å². The van der Waals surface area contributed by atoms with Crippen molar-refractivity contribution >= 4 is 44.4 Å². The largest absolute Gasteiger partial charge is 0.494 e. The molecule has 2 unspecified atom stereocenters. The van der Waals surface area contributed by atoms with Gasteiger partial charge in [-0.25, -0.2) is 4.98 Å². The molecular formula is C23H23N3O4S. The van der Waals surface area contributed by atoms with E-state index in [0.29, 0.717) is 29.3 Å². The number of hydrogen-bond donors (Lipinski definition) is 1. The van der Waals surface area contributed by atoms with Crippen molar-refractivity contribution in [1.29, 1.82) is 0 Å². The normalized spacial score (nSPS) is 15.1. The van der Waals surface area contributed by atoms with Crippen LogP contribution < -0.4 is 10.1 Å². The monoisotopic (exact) mass is 437 g/mol. The van der Waals surface area contributed by atoms with E-state index in [9.17, 15) is 14.4 Å². The molecule has 7 nitrogen and oxygen atoms in total. The highest BCUT2D eigenvalue weighted by Gasteiger charge is 2.44. The number of benzene rings is 2. The van der Waals surface area contributed by atoms with Gasteiger partial charge in [-0.1, -0.05) is 43.7 Å². The number of carbonyl (C=O) groups is 3. The number of imide groups is 1. The summed E-state index contributed by atoms with van der Waals surface area (Å²) in [5.41, 5.74) is 1.40. The van der Waals surface area contributed by atoms with Crippen LogP contribution in [0.5, 0.6) is 5.75 Å². The minimum absolute atomic E-state index is 0.221. The maximum absolute atomic E-state index is 13.3. The molecule has 2 aromatic carbocycles. The van der Waals surface area contributed by atoms with Crippen LogP contribution in [-0.4, -0.2) is 40.3 Å². The topological polar surface area (TPSA) is 88.6 Å². The fourth-order valence-electron chi connectivity index (χ4n) is 3.71. The second-order valence-corrected chi connectivity index (χ2v) is 8.46. The van der Waals surface area contributed by atoms with Gasteiger partial charge in [0.2, 0.25) is 5.91 Å². The molecule has 1 aliphatic rings. The minimum atomic E-state index is -0.927. The van der Waals surface area contributed by atoms with Gasteiger partial charge in [0.1, 0.15) is 11.8 Å². The lowest BCUT2D eigenvalue weighted by molar-refractivity contribution is -0.121. The van der Waals surface area contributed by atoms with E-state index in [1.54, 1.807) is 24.3 Å². The molecular weight excluding hydrogens is 414 g/mol. The third kappa shape index (κ3) is 3.79. The molecule has 4 rings (SSSR count). The molecule has 160 valence electrons. The average molecular weight is 438 g/mol. The molecule has 3 amide bonds. The number of nitrogens with zero attached hydrogens (tertiary/aromatic N) is 2. The van der Waals surface area contributed by atoms with E-state index in [4.69, 9.17) is 4.74 Å². The Bertz CT molecular complexity index is 1140. The third-order valence-corrected chi connectivity index (χ3v) is 6.39. The molecule has 1 aromatic heterocycles. The molecule has 0 saturated heterocycles. The van der Waals surface area contributed by atoms with Crippen molar-refractivity contribution < 1.29 is 19.1 Å². The van der Waals surface area contributed by atoms with Gasteiger partial charge in [0.25, 0.3) is 11.8 Å². The smallest absolute Gasteiger partial charge is 0.262 e. The molecule has 8 heteroatoms. The Labute approximate surface area is 184 Å². The van der Waals surface area contributed by atoms with Crippen LogP contribution in [0.1, 0.15) is 47.9 Å². The van der Waals surface area contributed by atoms with E-state index in [1.807, 2.05) is 39.0 Å². The Morgan fingerprint density at radius 3 is 2.42 bits per heavy atom. The van der Waals surface area contributed by atoms with Crippen LogP contribution in [0.4, 0.5) is 5.13 Å². The van der Waals surface area contributed by atoms with Crippen LogP contribution in [-0.2, 0) is 4.79 Å². The van der Waals surface area contributed by atoms with Crippen molar-refractivity contribution in [2.24, 2.45) is 5.92 Å². The van der Waals surface area contributed by atoms with Gasteiger partial charge in [-0.05, 0) is 43.2 Å².